The summed E-state index contributed by atoms with van der Waals surface area (Å²) in [5, 5.41) is 10.6. The zero-order chi connectivity index (χ0) is 10.9. The Morgan fingerprint density at radius 2 is 1.71 bits per heavy atom. The van der Waals surface area contributed by atoms with Crippen molar-refractivity contribution in [3.63, 3.8) is 0 Å². The predicted octanol–water partition coefficient (Wildman–Crippen LogP) is 2.41. The van der Waals surface area contributed by atoms with Gasteiger partial charge in [0.15, 0.2) is 5.78 Å². The number of aryl methyl sites for hydroxylation is 2. The molecular weight excluding hydrogens is 182 g/mol. The van der Waals surface area contributed by atoms with Crippen molar-refractivity contribution in [3.05, 3.63) is 38.9 Å². The van der Waals surface area contributed by atoms with E-state index in [0.717, 1.165) is 0 Å². The minimum absolute atomic E-state index is 0.0777. The second-order valence-electron chi connectivity index (χ2n) is 3.27. The van der Waals surface area contributed by atoms with E-state index in [1.54, 1.807) is 26.0 Å². The van der Waals surface area contributed by atoms with E-state index in [2.05, 4.69) is 0 Å². The summed E-state index contributed by atoms with van der Waals surface area (Å²) in [6.07, 6.45) is 0. The van der Waals surface area contributed by atoms with Crippen LogP contribution in [0, 0.1) is 24.0 Å². The highest BCUT2D eigenvalue weighted by Gasteiger charge is 2.16. The fourth-order valence-corrected chi connectivity index (χ4v) is 1.45. The highest BCUT2D eigenvalue weighted by Crippen LogP contribution is 2.24. The maximum absolute atomic E-state index is 11.1. The van der Waals surface area contributed by atoms with Crippen molar-refractivity contribution in [2.24, 2.45) is 0 Å². The summed E-state index contributed by atoms with van der Waals surface area (Å²) < 4.78 is 0. The second kappa shape index (κ2) is 3.57. The molecule has 4 heteroatoms. The van der Waals surface area contributed by atoms with Crippen LogP contribution >= 0.6 is 0 Å². The van der Waals surface area contributed by atoms with Crippen LogP contribution in [0.2, 0.25) is 0 Å². The summed E-state index contributed by atoms with van der Waals surface area (Å²) in [7, 11) is 0. The highest BCUT2D eigenvalue weighted by molar-refractivity contribution is 5.94. The van der Waals surface area contributed by atoms with Gasteiger partial charge in [0.05, 0.1) is 4.92 Å². The van der Waals surface area contributed by atoms with E-state index in [0.29, 0.717) is 16.7 Å². The van der Waals surface area contributed by atoms with E-state index >= 15 is 0 Å². The Morgan fingerprint density at radius 3 is 2.00 bits per heavy atom. The lowest BCUT2D eigenvalue weighted by atomic mass is 10.0. The molecule has 0 spiro atoms. The standard InChI is InChI=1S/C10H11NO3/c1-6-4-9(8(3)12)5-7(2)10(6)11(13)14/h4-5H,1-3H3. The Hall–Kier alpha value is -1.71. The molecule has 0 aromatic heterocycles. The van der Waals surface area contributed by atoms with Crippen LogP contribution in [0.25, 0.3) is 0 Å². The van der Waals surface area contributed by atoms with Crippen molar-refractivity contribution in [2.75, 3.05) is 0 Å². The highest BCUT2D eigenvalue weighted by atomic mass is 16.6. The van der Waals surface area contributed by atoms with Gasteiger partial charge >= 0.3 is 0 Å². The topological polar surface area (TPSA) is 60.2 Å². The molecule has 0 atom stereocenters. The quantitative estimate of drug-likeness (QED) is 0.411. The normalized spacial score (nSPS) is 9.93. The fourth-order valence-electron chi connectivity index (χ4n) is 1.45. The Kier molecular flexibility index (Phi) is 2.65. The molecule has 0 aliphatic carbocycles. The van der Waals surface area contributed by atoms with E-state index in [9.17, 15) is 14.9 Å². The molecule has 74 valence electrons. The van der Waals surface area contributed by atoms with E-state index in [-0.39, 0.29) is 11.5 Å². The minimum Gasteiger partial charge on any atom is -0.295 e. The first-order valence-electron chi connectivity index (χ1n) is 4.20. The molecule has 0 bridgehead atoms. The number of rotatable bonds is 2. The molecule has 0 saturated heterocycles. The number of benzene rings is 1. The molecule has 0 unspecified atom stereocenters. The van der Waals surface area contributed by atoms with Gasteiger partial charge in [-0.1, -0.05) is 0 Å². The van der Waals surface area contributed by atoms with Crippen molar-refractivity contribution >= 4 is 11.5 Å². The van der Waals surface area contributed by atoms with Crippen molar-refractivity contribution in [3.8, 4) is 0 Å². The van der Waals surface area contributed by atoms with E-state index < -0.39 is 4.92 Å². The van der Waals surface area contributed by atoms with Crippen molar-refractivity contribution in [1.29, 1.82) is 0 Å². The molecule has 0 amide bonds. The molecule has 0 radical (unpaired) electrons. The van der Waals surface area contributed by atoms with Gasteiger partial charge in [0.1, 0.15) is 0 Å². The SMILES string of the molecule is CC(=O)c1cc(C)c([N+](=O)[O-])c(C)c1. The van der Waals surface area contributed by atoms with Crippen molar-refractivity contribution in [2.45, 2.75) is 20.8 Å². The first-order valence-corrected chi connectivity index (χ1v) is 4.20. The Morgan fingerprint density at radius 1 is 1.29 bits per heavy atom. The summed E-state index contributed by atoms with van der Waals surface area (Å²) >= 11 is 0. The molecule has 0 aliphatic rings. The van der Waals surface area contributed by atoms with E-state index in [1.165, 1.54) is 6.92 Å². The Bertz CT molecular complexity index is 387. The van der Waals surface area contributed by atoms with Crippen LogP contribution < -0.4 is 0 Å². The van der Waals surface area contributed by atoms with Gasteiger partial charge < -0.3 is 0 Å². The summed E-state index contributed by atoms with van der Waals surface area (Å²) in [4.78, 5) is 21.3. The van der Waals surface area contributed by atoms with Gasteiger partial charge in [-0.25, -0.2) is 0 Å². The largest absolute Gasteiger partial charge is 0.295 e. The van der Waals surface area contributed by atoms with Crippen LogP contribution in [-0.4, -0.2) is 10.7 Å². The first-order chi connectivity index (χ1) is 6.43. The van der Waals surface area contributed by atoms with Gasteiger partial charge in [-0.3, -0.25) is 14.9 Å². The molecule has 1 aromatic carbocycles. The molecule has 0 heterocycles. The van der Waals surface area contributed by atoms with Crippen molar-refractivity contribution < 1.29 is 9.72 Å². The van der Waals surface area contributed by atoms with Gasteiger partial charge in [-0.05, 0) is 32.9 Å². The Balaban J connectivity index is 3.39. The fraction of sp³-hybridized carbons (Fsp3) is 0.300. The molecule has 4 nitrogen and oxygen atoms in total. The van der Waals surface area contributed by atoms with Crippen LogP contribution in [0.3, 0.4) is 0 Å². The molecular formula is C10H11NO3. The molecule has 0 N–H and O–H groups in total. The lowest BCUT2D eigenvalue weighted by molar-refractivity contribution is -0.386. The van der Waals surface area contributed by atoms with Gasteiger partial charge in [0.25, 0.3) is 5.69 Å². The first kappa shape index (κ1) is 10.4. The second-order valence-corrected chi connectivity index (χ2v) is 3.27. The summed E-state index contributed by atoms with van der Waals surface area (Å²) in [5.74, 6) is -0.0777. The van der Waals surface area contributed by atoms with E-state index in [1.807, 2.05) is 0 Å². The number of carbonyl (C=O) groups is 1. The maximum Gasteiger partial charge on any atom is 0.275 e. The van der Waals surface area contributed by atoms with Gasteiger partial charge in [0.2, 0.25) is 0 Å². The van der Waals surface area contributed by atoms with Crippen LogP contribution in [0.4, 0.5) is 5.69 Å². The number of hydrogen-bond acceptors (Lipinski definition) is 3. The maximum atomic E-state index is 11.1. The minimum atomic E-state index is -0.422. The average Bonchev–Trinajstić information content (AvgIpc) is 2.01. The number of nitro benzene ring substituents is 1. The summed E-state index contributed by atoms with van der Waals surface area (Å²) in [5.41, 5.74) is 1.67. The summed E-state index contributed by atoms with van der Waals surface area (Å²) in [6.45, 7) is 4.72. The number of nitrogens with zero attached hydrogens (tertiary/aromatic N) is 1. The third kappa shape index (κ3) is 1.79. The number of carbonyl (C=O) groups excluding carboxylic acids is 1. The van der Waals surface area contributed by atoms with Crippen LogP contribution in [0.15, 0.2) is 12.1 Å². The zero-order valence-electron chi connectivity index (χ0n) is 8.33. The van der Waals surface area contributed by atoms with Gasteiger partial charge in [-0.2, -0.15) is 0 Å². The van der Waals surface area contributed by atoms with Gasteiger partial charge in [-0.15, -0.1) is 0 Å². The molecule has 1 rings (SSSR count). The molecule has 1 aromatic rings. The number of hydrogen-bond donors (Lipinski definition) is 0. The lowest BCUT2D eigenvalue weighted by Crippen LogP contribution is -1.99. The molecule has 0 saturated carbocycles. The summed E-state index contributed by atoms with van der Waals surface area (Å²) in [6, 6.07) is 3.10. The number of ketones is 1. The molecule has 14 heavy (non-hydrogen) atoms. The zero-order valence-corrected chi connectivity index (χ0v) is 8.33. The lowest BCUT2D eigenvalue weighted by Gasteiger charge is -2.03. The van der Waals surface area contributed by atoms with Crippen molar-refractivity contribution in [1.82, 2.24) is 0 Å². The third-order valence-electron chi connectivity index (χ3n) is 2.08. The molecule has 0 fully saturated rings. The van der Waals surface area contributed by atoms with Gasteiger partial charge in [0, 0.05) is 16.7 Å². The smallest absolute Gasteiger partial charge is 0.275 e. The van der Waals surface area contributed by atoms with Crippen LogP contribution in [0.5, 0.6) is 0 Å². The monoisotopic (exact) mass is 193 g/mol. The van der Waals surface area contributed by atoms with Crippen LogP contribution in [-0.2, 0) is 0 Å². The van der Waals surface area contributed by atoms with E-state index in [4.69, 9.17) is 0 Å². The van der Waals surface area contributed by atoms with Crippen LogP contribution in [0.1, 0.15) is 28.4 Å². The number of Topliss-reactive ketones (excluding diaryl/α,β-unsaturated/α-hetero) is 1. The predicted molar refractivity (Wildman–Crippen MR) is 52.6 cm³/mol. The molecule has 0 aliphatic heterocycles. The number of nitro groups is 1. The average molecular weight is 193 g/mol. The third-order valence-corrected chi connectivity index (χ3v) is 2.08. The Labute approximate surface area is 81.7 Å².